The van der Waals surface area contributed by atoms with Crippen LogP contribution in [0.15, 0.2) is 0 Å². The van der Waals surface area contributed by atoms with Crippen LogP contribution in [0.25, 0.3) is 0 Å². The van der Waals surface area contributed by atoms with E-state index in [1.807, 2.05) is 0 Å². The van der Waals surface area contributed by atoms with Crippen LogP contribution in [-0.4, -0.2) is 18.5 Å². The number of hydrogen-bond donors (Lipinski definition) is 0. The highest BCUT2D eigenvalue weighted by molar-refractivity contribution is 7.63. The van der Waals surface area contributed by atoms with E-state index < -0.39 is 7.14 Å². The van der Waals surface area contributed by atoms with Gasteiger partial charge in [-0.2, -0.15) is 0 Å². The molecule has 0 aromatic carbocycles. The zero-order valence-corrected chi connectivity index (χ0v) is 12.9. The van der Waals surface area contributed by atoms with Gasteiger partial charge in [-0.15, -0.1) is 0 Å². The maximum absolute atomic E-state index is 12.8. The quantitative estimate of drug-likeness (QED) is 0.401. The molecule has 16 heavy (non-hydrogen) atoms. The summed E-state index contributed by atoms with van der Waals surface area (Å²) in [5, 5.41) is 0. The van der Waals surface area contributed by atoms with Crippen LogP contribution in [0.2, 0.25) is 0 Å². The molecule has 0 atom stereocenters. The molecule has 98 valence electrons. The van der Waals surface area contributed by atoms with Gasteiger partial charge in [-0.3, -0.25) is 0 Å². The van der Waals surface area contributed by atoms with Crippen LogP contribution in [-0.2, 0) is 4.57 Å². The Labute approximate surface area is 103 Å². The van der Waals surface area contributed by atoms with E-state index in [0.717, 1.165) is 18.5 Å². The summed E-state index contributed by atoms with van der Waals surface area (Å²) in [5.41, 5.74) is 0. The van der Waals surface area contributed by atoms with Crippen molar-refractivity contribution in [3.63, 3.8) is 0 Å². The summed E-state index contributed by atoms with van der Waals surface area (Å²) in [6.07, 6.45) is 7.89. The van der Waals surface area contributed by atoms with Gasteiger partial charge in [-0.1, -0.05) is 53.9 Å². The molecule has 0 spiro atoms. The third-order valence-corrected chi connectivity index (χ3v) is 6.74. The fourth-order valence-electron chi connectivity index (χ4n) is 2.41. The summed E-state index contributed by atoms with van der Waals surface area (Å²) in [6, 6.07) is 0. The van der Waals surface area contributed by atoms with Crippen molar-refractivity contribution < 1.29 is 4.57 Å². The molecule has 2 heteroatoms. The first-order valence-corrected chi connectivity index (χ1v) is 9.23. The molecule has 0 aliphatic carbocycles. The number of unbranched alkanes of at least 4 members (excludes halogenated alkanes) is 3. The lowest BCUT2D eigenvalue weighted by atomic mass is 10.2. The molecule has 0 amide bonds. The first kappa shape index (κ1) is 16.2. The molecule has 0 heterocycles. The molecule has 0 aliphatic heterocycles. The molecule has 0 aromatic rings. The summed E-state index contributed by atoms with van der Waals surface area (Å²) in [5.74, 6) is 1.16. The van der Waals surface area contributed by atoms with Crippen molar-refractivity contribution in [1.82, 2.24) is 0 Å². The first-order valence-electron chi connectivity index (χ1n) is 6.96. The smallest absolute Gasteiger partial charge is 0.0882 e. The minimum Gasteiger partial charge on any atom is -0.324 e. The fraction of sp³-hybridized carbons (Fsp3) is 1.00. The second kappa shape index (κ2) is 8.34. The van der Waals surface area contributed by atoms with Crippen molar-refractivity contribution in [2.24, 2.45) is 11.8 Å². The fourth-order valence-corrected chi connectivity index (χ4v) is 6.39. The number of rotatable bonds is 9. The summed E-state index contributed by atoms with van der Waals surface area (Å²) in [4.78, 5) is 0. The molecule has 0 rings (SSSR count). The third-order valence-electron chi connectivity index (χ3n) is 2.81. The summed E-state index contributed by atoms with van der Waals surface area (Å²) in [7, 11) is -1.87. The topological polar surface area (TPSA) is 17.1 Å². The normalized spacial score (nSPS) is 12.7. The Bertz CT molecular complexity index is 195. The molecule has 0 aromatic heterocycles. The molecule has 0 radical (unpaired) electrons. The van der Waals surface area contributed by atoms with E-state index in [4.69, 9.17) is 0 Å². The van der Waals surface area contributed by atoms with Gasteiger partial charge in [0, 0.05) is 18.5 Å². The molecule has 1 nitrogen and oxygen atoms in total. The van der Waals surface area contributed by atoms with E-state index in [9.17, 15) is 4.57 Å². The van der Waals surface area contributed by atoms with Crippen LogP contribution in [0.5, 0.6) is 0 Å². The highest BCUT2D eigenvalue weighted by atomic mass is 31.2. The highest BCUT2D eigenvalue weighted by Gasteiger charge is 2.23. The Balaban J connectivity index is 4.14. The van der Waals surface area contributed by atoms with Gasteiger partial charge in [0.15, 0.2) is 0 Å². The predicted octanol–water partition coefficient (Wildman–Crippen LogP) is 5.24. The lowest BCUT2D eigenvalue weighted by Gasteiger charge is -2.22. The molecule has 0 aliphatic rings. The molecule has 0 N–H and O–H groups in total. The van der Waals surface area contributed by atoms with Gasteiger partial charge >= 0.3 is 0 Å². The van der Waals surface area contributed by atoms with Gasteiger partial charge in [0.1, 0.15) is 0 Å². The molecule has 0 saturated carbocycles. The average molecular weight is 246 g/mol. The van der Waals surface area contributed by atoms with Gasteiger partial charge in [-0.05, 0) is 18.3 Å². The lowest BCUT2D eigenvalue weighted by Crippen LogP contribution is -2.09. The van der Waals surface area contributed by atoms with E-state index in [1.165, 1.54) is 25.7 Å². The first-order chi connectivity index (χ1) is 7.39. The van der Waals surface area contributed by atoms with Crippen molar-refractivity contribution in [3.05, 3.63) is 0 Å². The summed E-state index contributed by atoms with van der Waals surface area (Å²) < 4.78 is 12.8. The maximum atomic E-state index is 12.8. The third kappa shape index (κ3) is 8.39. The zero-order valence-electron chi connectivity index (χ0n) is 12.0. The van der Waals surface area contributed by atoms with Gasteiger partial charge in [0.25, 0.3) is 0 Å². The van der Waals surface area contributed by atoms with Gasteiger partial charge in [-0.25, -0.2) is 0 Å². The molecule has 0 saturated heterocycles. The van der Waals surface area contributed by atoms with E-state index in [-0.39, 0.29) is 0 Å². The Morgan fingerprint density at radius 1 is 0.875 bits per heavy atom. The Morgan fingerprint density at radius 2 is 1.38 bits per heavy atom. The van der Waals surface area contributed by atoms with E-state index in [1.54, 1.807) is 0 Å². The van der Waals surface area contributed by atoms with Crippen molar-refractivity contribution in [2.45, 2.75) is 60.3 Å². The molecular formula is C14H31OP. The SMILES string of the molecule is CCCCCCP(=O)(CC(C)C)CC(C)C. The molecule has 0 bridgehead atoms. The minimum atomic E-state index is -1.87. The van der Waals surface area contributed by atoms with Crippen LogP contribution in [0, 0.1) is 11.8 Å². The van der Waals surface area contributed by atoms with Crippen LogP contribution in [0.1, 0.15) is 60.3 Å². The Morgan fingerprint density at radius 3 is 1.75 bits per heavy atom. The average Bonchev–Trinajstić information content (AvgIpc) is 2.09. The van der Waals surface area contributed by atoms with Gasteiger partial charge < -0.3 is 4.57 Å². The highest BCUT2D eigenvalue weighted by Crippen LogP contribution is 2.49. The maximum Gasteiger partial charge on any atom is 0.0882 e. The zero-order chi connectivity index (χ0) is 12.6. The van der Waals surface area contributed by atoms with Crippen LogP contribution < -0.4 is 0 Å². The molecular weight excluding hydrogens is 215 g/mol. The van der Waals surface area contributed by atoms with Crippen LogP contribution in [0.4, 0.5) is 0 Å². The molecule has 0 fully saturated rings. The second-order valence-corrected chi connectivity index (χ2v) is 9.29. The van der Waals surface area contributed by atoms with Crippen LogP contribution >= 0.6 is 7.14 Å². The van der Waals surface area contributed by atoms with E-state index in [0.29, 0.717) is 11.8 Å². The number of hydrogen-bond acceptors (Lipinski definition) is 1. The van der Waals surface area contributed by atoms with Crippen molar-refractivity contribution in [1.29, 1.82) is 0 Å². The summed E-state index contributed by atoms with van der Waals surface area (Å²) in [6.45, 7) is 11.0. The summed E-state index contributed by atoms with van der Waals surface area (Å²) >= 11 is 0. The monoisotopic (exact) mass is 246 g/mol. The molecule has 0 unspecified atom stereocenters. The minimum absolute atomic E-state index is 0.579. The van der Waals surface area contributed by atoms with E-state index in [2.05, 4.69) is 34.6 Å². The Kier molecular flexibility index (Phi) is 8.46. The van der Waals surface area contributed by atoms with Crippen molar-refractivity contribution >= 4 is 7.14 Å². The standard InChI is InChI=1S/C14H31OP/c1-6-7-8-9-10-16(15,11-13(2)3)12-14(4)5/h13-14H,6-12H2,1-5H3. The Hall–Kier alpha value is 0.230. The van der Waals surface area contributed by atoms with Crippen LogP contribution in [0.3, 0.4) is 0 Å². The van der Waals surface area contributed by atoms with E-state index >= 15 is 0 Å². The largest absolute Gasteiger partial charge is 0.324 e. The van der Waals surface area contributed by atoms with Gasteiger partial charge in [0.2, 0.25) is 0 Å². The lowest BCUT2D eigenvalue weighted by molar-refractivity contribution is 0.551. The van der Waals surface area contributed by atoms with Crippen molar-refractivity contribution in [3.8, 4) is 0 Å². The van der Waals surface area contributed by atoms with Gasteiger partial charge in [0.05, 0.1) is 7.14 Å². The predicted molar refractivity (Wildman–Crippen MR) is 76.0 cm³/mol. The van der Waals surface area contributed by atoms with Crippen molar-refractivity contribution in [2.75, 3.05) is 18.5 Å². The second-order valence-electron chi connectivity index (χ2n) is 6.00.